The maximum Gasteiger partial charge on any atom is 0.243 e. The molecule has 0 radical (unpaired) electrons. The fourth-order valence-corrected chi connectivity index (χ4v) is 3.51. The smallest absolute Gasteiger partial charge is 0.243 e. The molecule has 0 aliphatic heterocycles. The molecule has 1 atom stereocenters. The molecule has 8 heteroatoms. The van der Waals surface area contributed by atoms with E-state index in [0.717, 1.165) is 16.3 Å². The Morgan fingerprint density at radius 2 is 2.17 bits per heavy atom. The minimum Gasteiger partial charge on any atom is -0.320 e. The van der Waals surface area contributed by atoms with Crippen molar-refractivity contribution in [3.63, 3.8) is 0 Å². The summed E-state index contributed by atoms with van der Waals surface area (Å²) in [4.78, 5) is 17.3. The standard InChI is InChI=1S/C16H20FN3OS2.ClH/c1-10-14(9-11-5-3-4-6-12(11)17)23-16(19-10)20-15(21)13(18)7-8-22-2;/h3-6,13H,7-9,18H2,1-2H3,(H,19,20,21);1H/t13-;/m0./s1. The number of aryl methyl sites for hydroxylation is 1. The number of anilines is 1. The molecule has 1 heterocycles. The first-order valence-electron chi connectivity index (χ1n) is 7.26. The summed E-state index contributed by atoms with van der Waals surface area (Å²) in [5.74, 6) is 0.375. The molecule has 1 amide bonds. The predicted molar refractivity (Wildman–Crippen MR) is 103 cm³/mol. The van der Waals surface area contributed by atoms with Crippen molar-refractivity contribution < 1.29 is 9.18 Å². The second-order valence-electron chi connectivity index (χ2n) is 5.17. The van der Waals surface area contributed by atoms with Gasteiger partial charge in [0.15, 0.2) is 5.13 Å². The van der Waals surface area contributed by atoms with Gasteiger partial charge in [0.2, 0.25) is 5.91 Å². The van der Waals surface area contributed by atoms with Gasteiger partial charge in [0, 0.05) is 11.3 Å². The number of thioether (sulfide) groups is 1. The zero-order chi connectivity index (χ0) is 16.8. The van der Waals surface area contributed by atoms with Crippen LogP contribution in [0.25, 0.3) is 0 Å². The number of nitrogens with two attached hydrogens (primary N) is 1. The lowest BCUT2D eigenvalue weighted by Crippen LogP contribution is -2.36. The topological polar surface area (TPSA) is 68.0 Å². The van der Waals surface area contributed by atoms with Crippen LogP contribution < -0.4 is 11.1 Å². The molecule has 1 aromatic carbocycles. The molecule has 0 saturated carbocycles. The van der Waals surface area contributed by atoms with Crippen LogP contribution in [0.5, 0.6) is 0 Å². The number of benzene rings is 1. The van der Waals surface area contributed by atoms with E-state index in [2.05, 4.69) is 10.3 Å². The molecule has 2 rings (SSSR count). The summed E-state index contributed by atoms with van der Waals surface area (Å²) in [6, 6.07) is 6.13. The van der Waals surface area contributed by atoms with Gasteiger partial charge in [-0.25, -0.2) is 9.37 Å². The Balaban J connectivity index is 0.00000288. The van der Waals surface area contributed by atoms with E-state index in [4.69, 9.17) is 5.73 Å². The maximum atomic E-state index is 13.7. The van der Waals surface area contributed by atoms with Crippen LogP contribution in [0, 0.1) is 12.7 Å². The highest BCUT2D eigenvalue weighted by Gasteiger charge is 2.16. The van der Waals surface area contributed by atoms with E-state index in [-0.39, 0.29) is 24.1 Å². The van der Waals surface area contributed by atoms with Crippen LogP contribution in [0.3, 0.4) is 0 Å². The highest BCUT2D eigenvalue weighted by atomic mass is 35.5. The molecule has 0 aliphatic carbocycles. The highest BCUT2D eigenvalue weighted by molar-refractivity contribution is 7.98. The number of nitrogens with zero attached hydrogens (tertiary/aromatic N) is 1. The number of hydrogen-bond acceptors (Lipinski definition) is 5. The molecule has 3 N–H and O–H groups in total. The van der Waals surface area contributed by atoms with Gasteiger partial charge >= 0.3 is 0 Å². The highest BCUT2D eigenvalue weighted by Crippen LogP contribution is 2.26. The average molecular weight is 390 g/mol. The lowest BCUT2D eigenvalue weighted by molar-refractivity contribution is -0.117. The number of carbonyl (C=O) groups excluding carboxylic acids is 1. The quantitative estimate of drug-likeness (QED) is 0.758. The van der Waals surface area contributed by atoms with Gasteiger partial charge in [-0.2, -0.15) is 11.8 Å². The fourth-order valence-electron chi connectivity index (χ4n) is 2.03. The van der Waals surface area contributed by atoms with Gasteiger partial charge < -0.3 is 11.1 Å². The lowest BCUT2D eigenvalue weighted by Gasteiger charge is -2.09. The molecule has 0 spiro atoms. The van der Waals surface area contributed by atoms with Crippen molar-refractivity contribution in [3.8, 4) is 0 Å². The Morgan fingerprint density at radius 3 is 2.83 bits per heavy atom. The summed E-state index contributed by atoms with van der Waals surface area (Å²) in [6.07, 6.45) is 3.06. The number of thiazole rings is 1. The van der Waals surface area contributed by atoms with Gasteiger partial charge in [-0.1, -0.05) is 18.2 Å². The van der Waals surface area contributed by atoms with Crippen LogP contribution in [0.4, 0.5) is 9.52 Å². The summed E-state index contributed by atoms with van der Waals surface area (Å²) >= 11 is 3.02. The van der Waals surface area contributed by atoms with Gasteiger partial charge in [-0.05, 0) is 37.0 Å². The van der Waals surface area contributed by atoms with E-state index in [0.29, 0.717) is 23.5 Å². The SMILES string of the molecule is CSCC[C@H](N)C(=O)Nc1nc(C)c(Cc2ccccc2F)s1.Cl. The first kappa shape index (κ1) is 20.9. The Bertz CT molecular complexity index is 681. The first-order chi connectivity index (χ1) is 11.0. The number of amides is 1. The third kappa shape index (κ3) is 5.73. The molecule has 132 valence electrons. The van der Waals surface area contributed by atoms with Crippen LogP contribution in [0.15, 0.2) is 24.3 Å². The van der Waals surface area contributed by atoms with Gasteiger partial charge in [-0.15, -0.1) is 23.7 Å². The molecule has 24 heavy (non-hydrogen) atoms. The summed E-state index contributed by atoms with van der Waals surface area (Å²) in [6.45, 7) is 1.86. The largest absolute Gasteiger partial charge is 0.320 e. The molecule has 1 aromatic heterocycles. The normalized spacial score (nSPS) is 11.7. The molecule has 0 unspecified atom stereocenters. The van der Waals surface area contributed by atoms with Crippen molar-refractivity contribution in [2.24, 2.45) is 5.73 Å². The number of rotatable bonds is 7. The van der Waals surface area contributed by atoms with Gasteiger partial charge in [0.25, 0.3) is 0 Å². The second kappa shape index (κ2) is 9.98. The minimum atomic E-state index is -0.540. The van der Waals surface area contributed by atoms with Crippen molar-refractivity contribution in [1.29, 1.82) is 0 Å². The predicted octanol–water partition coefficient (Wildman–Crippen LogP) is 3.62. The molecule has 0 aliphatic rings. The Labute approximate surface area is 155 Å². The van der Waals surface area contributed by atoms with Crippen LogP contribution in [0.2, 0.25) is 0 Å². The number of hydrogen-bond donors (Lipinski definition) is 2. The minimum absolute atomic E-state index is 0. The van der Waals surface area contributed by atoms with Crippen molar-refractivity contribution in [3.05, 3.63) is 46.2 Å². The maximum absolute atomic E-state index is 13.7. The van der Waals surface area contributed by atoms with E-state index in [1.54, 1.807) is 23.9 Å². The monoisotopic (exact) mass is 389 g/mol. The molecular formula is C16H21ClFN3OS2. The first-order valence-corrected chi connectivity index (χ1v) is 9.47. The van der Waals surface area contributed by atoms with Crippen molar-refractivity contribution in [2.75, 3.05) is 17.3 Å². The fraction of sp³-hybridized carbons (Fsp3) is 0.375. The number of halogens is 2. The van der Waals surface area contributed by atoms with Crippen molar-refractivity contribution in [1.82, 2.24) is 4.98 Å². The number of nitrogens with one attached hydrogen (secondary N) is 1. The van der Waals surface area contributed by atoms with Gasteiger partial charge in [0.05, 0.1) is 11.7 Å². The van der Waals surface area contributed by atoms with Crippen LogP contribution in [0.1, 0.15) is 22.6 Å². The average Bonchev–Trinajstić information content (AvgIpc) is 2.86. The van der Waals surface area contributed by atoms with E-state index in [1.807, 2.05) is 19.2 Å². The van der Waals surface area contributed by atoms with Crippen LogP contribution >= 0.6 is 35.5 Å². The molecule has 0 saturated heterocycles. The third-order valence-electron chi connectivity index (χ3n) is 3.40. The molecule has 0 bridgehead atoms. The third-order valence-corrected chi connectivity index (χ3v) is 5.12. The number of carbonyl (C=O) groups is 1. The van der Waals surface area contributed by atoms with E-state index < -0.39 is 6.04 Å². The van der Waals surface area contributed by atoms with E-state index >= 15 is 0 Å². The summed E-state index contributed by atoms with van der Waals surface area (Å²) in [5, 5.41) is 3.27. The Morgan fingerprint density at radius 1 is 1.46 bits per heavy atom. The molecule has 2 aromatic rings. The van der Waals surface area contributed by atoms with Crippen LogP contribution in [-0.4, -0.2) is 28.9 Å². The van der Waals surface area contributed by atoms with Gasteiger partial charge in [0.1, 0.15) is 5.82 Å². The summed E-state index contributed by atoms with van der Waals surface area (Å²) in [5.41, 5.74) is 7.26. The van der Waals surface area contributed by atoms with Crippen molar-refractivity contribution >= 4 is 46.5 Å². The molecule has 0 fully saturated rings. The lowest BCUT2D eigenvalue weighted by atomic mass is 10.1. The second-order valence-corrected chi connectivity index (χ2v) is 7.24. The Hall–Kier alpha value is -1.15. The number of aromatic nitrogens is 1. The summed E-state index contributed by atoms with van der Waals surface area (Å²) in [7, 11) is 0. The van der Waals surface area contributed by atoms with E-state index in [1.165, 1.54) is 17.4 Å². The molecular weight excluding hydrogens is 369 g/mol. The van der Waals surface area contributed by atoms with Crippen molar-refractivity contribution in [2.45, 2.75) is 25.8 Å². The van der Waals surface area contributed by atoms with E-state index in [9.17, 15) is 9.18 Å². The van der Waals surface area contributed by atoms with Crippen LogP contribution in [-0.2, 0) is 11.2 Å². The molecule has 4 nitrogen and oxygen atoms in total. The zero-order valence-corrected chi connectivity index (χ0v) is 16.0. The summed E-state index contributed by atoms with van der Waals surface area (Å²) < 4.78 is 13.7. The Kier molecular flexibility index (Phi) is 8.69. The zero-order valence-electron chi connectivity index (χ0n) is 13.5. The van der Waals surface area contributed by atoms with Gasteiger partial charge in [-0.3, -0.25) is 4.79 Å².